The predicted molar refractivity (Wildman–Crippen MR) is 134 cm³/mol. The summed E-state index contributed by atoms with van der Waals surface area (Å²) in [5.74, 6) is -14.6. The molecule has 0 aromatic carbocycles. The number of esters is 1. The van der Waals surface area contributed by atoms with Gasteiger partial charge in [-0.15, -0.1) is 0 Å². The molecule has 0 spiro atoms. The second-order valence-corrected chi connectivity index (χ2v) is 10.1. The minimum Gasteiger partial charge on any atom is -0.505 e. The van der Waals surface area contributed by atoms with Crippen molar-refractivity contribution in [2.75, 3.05) is 0 Å². The van der Waals surface area contributed by atoms with Gasteiger partial charge in [-0.3, -0.25) is 14.4 Å². The molecule has 6 atom stereocenters. The summed E-state index contributed by atoms with van der Waals surface area (Å²) in [4.78, 5) is 58.7. The smallest absolute Gasteiger partial charge is 0.329 e. The van der Waals surface area contributed by atoms with Gasteiger partial charge in [0, 0.05) is 18.2 Å². The standard InChI is InChI=1S/C26H29F4N5O7/c1-9(2)17-26(41)42-11(4)18(34-25(40)19-14(36)6-5-7-31-19)24(39)32-13(20(37)10(3)23(38)33-17)8-12-15(27)16(28)22(30)35-21(12)29/h5-7,9-11,13,17-18,20,36-37H,8H2,1-4H3,(H,32,39)(H,33,38)(H,34,40)/t10-,11-,13+,17?,18+,20+/m1/s1. The highest BCUT2D eigenvalue weighted by Crippen LogP contribution is 2.22. The zero-order chi connectivity index (χ0) is 31.5. The average molecular weight is 600 g/mol. The van der Waals surface area contributed by atoms with Crippen LogP contribution in [0.3, 0.4) is 0 Å². The van der Waals surface area contributed by atoms with E-state index < -0.39 is 113 Å². The summed E-state index contributed by atoms with van der Waals surface area (Å²) < 4.78 is 61.7. The summed E-state index contributed by atoms with van der Waals surface area (Å²) in [5, 5.41) is 28.0. The van der Waals surface area contributed by atoms with Gasteiger partial charge in [0.15, 0.2) is 11.5 Å². The van der Waals surface area contributed by atoms with Crippen LogP contribution in [0.15, 0.2) is 18.3 Å². The number of cyclic esters (lactones) is 1. The Bertz CT molecular complexity index is 1380. The van der Waals surface area contributed by atoms with Crippen molar-refractivity contribution in [1.29, 1.82) is 0 Å². The van der Waals surface area contributed by atoms with Crippen molar-refractivity contribution in [3.05, 3.63) is 53.1 Å². The summed E-state index contributed by atoms with van der Waals surface area (Å²) in [6.07, 6.45) is -3.22. The number of aliphatic hydroxyl groups is 1. The van der Waals surface area contributed by atoms with Crippen molar-refractivity contribution in [3.8, 4) is 5.75 Å². The lowest BCUT2D eigenvalue weighted by Gasteiger charge is -2.34. The van der Waals surface area contributed by atoms with Crippen molar-refractivity contribution in [2.24, 2.45) is 11.8 Å². The number of rotatable bonds is 5. The maximum Gasteiger partial charge on any atom is 0.329 e. The van der Waals surface area contributed by atoms with E-state index in [2.05, 4.69) is 25.9 Å². The first-order chi connectivity index (χ1) is 19.6. The zero-order valence-corrected chi connectivity index (χ0v) is 22.8. The first-order valence-electron chi connectivity index (χ1n) is 12.8. The van der Waals surface area contributed by atoms with E-state index in [1.165, 1.54) is 26.1 Å². The van der Waals surface area contributed by atoms with Crippen LogP contribution in [-0.2, 0) is 25.5 Å². The molecular formula is C26H29F4N5O7. The molecule has 3 rings (SSSR count). The molecule has 12 nitrogen and oxygen atoms in total. The number of carbonyl (C=O) groups excluding carboxylic acids is 4. The molecule has 0 aliphatic carbocycles. The van der Waals surface area contributed by atoms with Crippen molar-refractivity contribution >= 4 is 23.7 Å². The quantitative estimate of drug-likeness (QED) is 0.187. The number of aromatic hydroxyl groups is 1. The third-order valence-corrected chi connectivity index (χ3v) is 6.73. The summed E-state index contributed by atoms with van der Waals surface area (Å²) in [6, 6.07) is -2.31. The minimum absolute atomic E-state index is 0.496. The monoisotopic (exact) mass is 599 g/mol. The van der Waals surface area contributed by atoms with Crippen molar-refractivity contribution in [3.63, 3.8) is 0 Å². The highest BCUT2D eigenvalue weighted by Gasteiger charge is 2.40. The second-order valence-electron chi connectivity index (χ2n) is 10.1. The Balaban J connectivity index is 2.07. The van der Waals surface area contributed by atoms with Crippen LogP contribution in [0.4, 0.5) is 17.6 Å². The molecule has 228 valence electrons. The maximum absolute atomic E-state index is 14.5. The fraction of sp³-hybridized carbons (Fsp3) is 0.462. The fourth-order valence-electron chi connectivity index (χ4n) is 4.23. The molecule has 16 heteroatoms. The second kappa shape index (κ2) is 13.1. The molecule has 2 aromatic rings. The molecular weight excluding hydrogens is 570 g/mol. The summed E-state index contributed by atoms with van der Waals surface area (Å²) in [5.41, 5.74) is -1.64. The molecule has 0 bridgehead atoms. The zero-order valence-electron chi connectivity index (χ0n) is 22.8. The Kier molecular flexibility index (Phi) is 10.0. The van der Waals surface area contributed by atoms with E-state index in [0.717, 1.165) is 6.07 Å². The predicted octanol–water partition coefficient (Wildman–Crippen LogP) is 0.648. The Morgan fingerprint density at radius 3 is 2.36 bits per heavy atom. The first-order valence-corrected chi connectivity index (χ1v) is 12.8. The molecule has 0 radical (unpaired) electrons. The van der Waals surface area contributed by atoms with E-state index in [9.17, 15) is 47.0 Å². The normalized spacial score (nSPS) is 25.5. The largest absolute Gasteiger partial charge is 0.505 e. The molecule has 42 heavy (non-hydrogen) atoms. The SMILES string of the molecule is CC(C)C1NC(=O)[C@H](C)[C@H](O)[C@H](Cc2c(F)nc(F)c(F)c2F)NC(=O)[C@@H](NC(=O)c2ncccc2O)[C@@H](C)OC1=O. The third kappa shape index (κ3) is 6.92. The van der Waals surface area contributed by atoms with Crippen LogP contribution in [0.2, 0.25) is 0 Å². The van der Waals surface area contributed by atoms with Gasteiger partial charge in [0.1, 0.15) is 23.9 Å². The number of pyridine rings is 2. The van der Waals surface area contributed by atoms with E-state index in [1.54, 1.807) is 13.8 Å². The molecule has 1 aliphatic heterocycles. The van der Waals surface area contributed by atoms with Gasteiger partial charge in [-0.1, -0.05) is 20.8 Å². The number of halogens is 4. The van der Waals surface area contributed by atoms with Gasteiger partial charge >= 0.3 is 5.97 Å². The number of amides is 3. The van der Waals surface area contributed by atoms with Gasteiger partial charge in [-0.2, -0.15) is 18.2 Å². The van der Waals surface area contributed by atoms with Gasteiger partial charge in [-0.25, -0.2) is 14.2 Å². The molecule has 5 N–H and O–H groups in total. The molecule has 1 fully saturated rings. The topological polar surface area (TPSA) is 180 Å². The minimum atomic E-state index is -2.10. The highest BCUT2D eigenvalue weighted by molar-refractivity contribution is 5.98. The lowest BCUT2D eigenvalue weighted by molar-refractivity contribution is -0.157. The number of carbonyl (C=O) groups is 4. The Labute approximate surface area is 236 Å². The molecule has 1 aliphatic rings. The number of ether oxygens (including phenoxy) is 1. The van der Waals surface area contributed by atoms with Crippen LogP contribution < -0.4 is 16.0 Å². The Morgan fingerprint density at radius 1 is 1.07 bits per heavy atom. The summed E-state index contributed by atoms with van der Waals surface area (Å²) >= 11 is 0. The number of hydrogen-bond donors (Lipinski definition) is 5. The fourth-order valence-corrected chi connectivity index (χ4v) is 4.23. The Morgan fingerprint density at radius 2 is 1.74 bits per heavy atom. The number of aliphatic hydroxyl groups excluding tert-OH is 1. The first kappa shape index (κ1) is 32.2. The summed E-state index contributed by atoms with van der Waals surface area (Å²) in [6.45, 7) is 5.56. The van der Waals surface area contributed by atoms with E-state index in [-0.39, 0.29) is 0 Å². The molecule has 3 heterocycles. The van der Waals surface area contributed by atoms with E-state index in [0.29, 0.717) is 0 Å². The van der Waals surface area contributed by atoms with E-state index in [4.69, 9.17) is 4.74 Å². The Hall–Kier alpha value is -4.34. The van der Waals surface area contributed by atoms with Gasteiger partial charge in [0.05, 0.1) is 18.1 Å². The van der Waals surface area contributed by atoms with Crippen molar-refractivity contribution in [2.45, 2.75) is 64.4 Å². The average Bonchev–Trinajstić information content (AvgIpc) is 2.93. The lowest BCUT2D eigenvalue weighted by atomic mass is 9.91. The van der Waals surface area contributed by atoms with Crippen LogP contribution in [0.25, 0.3) is 0 Å². The van der Waals surface area contributed by atoms with Crippen LogP contribution in [0, 0.1) is 35.4 Å². The molecule has 2 aromatic heterocycles. The van der Waals surface area contributed by atoms with Gasteiger partial charge in [-0.05, 0) is 25.0 Å². The summed E-state index contributed by atoms with van der Waals surface area (Å²) in [7, 11) is 0. The van der Waals surface area contributed by atoms with Crippen LogP contribution >= 0.6 is 0 Å². The number of nitrogens with one attached hydrogen (secondary N) is 3. The maximum atomic E-state index is 14.5. The van der Waals surface area contributed by atoms with Crippen molar-refractivity contribution in [1.82, 2.24) is 25.9 Å². The van der Waals surface area contributed by atoms with Gasteiger partial charge in [0.25, 0.3) is 11.9 Å². The molecule has 0 saturated carbocycles. The van der Waals surface area contributed by atoms with Crippen LogP contribution in [0.5, 0.6) is 5.75 Å². The molecule has 1 unspecified atom stereocenters. The lowest BCUT2D eigenvalue weighted by Crippen LogP contribution is -2.61. The highest BCUT2D eigenvalue weighted by atomic mass is 19.2. The van der Waals surface area contributed by atoms with Crippen LogP contribution in [0.1, 0.15) is 43.7 Å². The number of aromatic nitrogens is 2. The molecule has 1 saturated heterocycles. The molecule has 3 amide bonds. The van der Waals surface area contributed by atoms with E-state index >= 15 is 0 Å². The van der Waals surface area contributed by atoms with E-state index in [1.807, 2.05) is 0 Å². The van der Waals surface area contributed by atoms with Gasteiger partial charge < -0.3 is 30.9 Å². The number of nitrogens with zero attached hydrogens (tertiary/aromatic N) is 2. The van der Waals surface area contributed by atoms with Crippen molar-refractivity contribution < 1.29 is 51.7 Å². The van der Waals surface area contributed by atoms with Crippen LogP contribution in [-0.4, -0.2) is 74.2 Å². The third-order valence-electron chi connectivity index (χ3n) is 6.73. The van der Waals surface area contributed by atoms with Gasteiger partial charge in [0.2, 0.25) is 23.6 Å². The number of hydrogen-bond acceptors (Lipinski definition) is 9.